The molecular formula is C20H28N2O2. The van der Waals surface area contributed by atoms with Gasteiger partial charge in [0.25, 0.3) is 5.91 Å². The molecule has 1 aliphatic carbocycles. The van der Waals surface area contributed by atoms with E-state index in [0.717, 1.165) is 55.5 Å². The number of carbonyl (C=O) groups excluding carboxylic acids is 2. The SMILES string of the molecule is Cc1cc(C)cc(C(=O)N2CC[C@]3(CCC[C@@H]3C(=O)N(C)C)C2)c1. The van der Waals surface area contributed by atoms with Crippen LogP contribution in [0.1, 0.15) is 47.2 Å². The molecule has 1 aromatic carbocycles. The van der Waals surface area contributed by atoms with E-state index < -0.39 is 0 Å². The van der Waals surface area contributed by atoms with Gasteiger partial charge in [0.05, 0.1) is 0 Å². The van der Waals surface area contributed by atoms with Crippen molar-refractivity contribution in [2.45, 2.75) is 39.5 Å². The highest BCUT2D eigenvalue weighted by atomic mass is 16.2. The second kappa shape index (κ2) is 6.23. The van der Waals surface area contributed by atoms with Gasteiger partial charge in [-0.2, -0.15) is 0 Å². The summed E-state index contributed by atoms with van der Waals surface area (Å²) in [6.45, 7) is 5.54. The lowest BCUT2D eigenvalue weighted by Crippen LogP contribution is -2.41. The van der Waals surface area contributed by atoms with Crippen LogP contribution >= 0.6 is 0 Å². The third kappa shape index (κ3) is 2.94. The Morgan fingerprint density at radius 3 is 2.42 bits per heavy atom. The number of hydrogen-bond acceptors (Lipinski definition) is 2. The monoisotopic (exact) mass is 328 g/mol. The second-order valence-electron chi connectivity index (χ2n) is 7.89. The number of carbonyl (C=O) groups is 2. The van der Waals surface area contributed by atoms with E-state index in [-0.39, 0.29) is 23.1 Å². The van der Waals surface area contributed by atoms with Crippen molar-refractivity contribution in [2.24, 2.45) is 11.3 Å². The number of amides is 2. The fraction of sp³-hybridized carbons (Fsp3) is 0.600. The third-order valence-electron chi connectivity index (χ3n) is 5.79. The van der Waals surface area contributed by atoms with Gasteiger partial charge in [0.15, 0.2) is 0 Å². The number of hydrogen-bond donors (Lipinski definition) is 0. The van der Waals surface area contributed by atoms with Crippen LogP contribution in [0.25, 0.3) is 0 Å². The number of nitrogens with zero attached hydrogens (tertiary/aromatic N) is 2. The largest absolute Gasteiger partial charge is 0.349 e. The molecule has 1 aromatic rings. The first-order chi connectivity index (χ1) is 11.3. The second-order valence-corrected chi connectivity index (χ2v) is 7.89. The predicted molar refractivity (Wildman–Crippen MR) is 94.9 cm³/mol. The van der Waals surface area contributed by atoms with Gasteiger partial charge in [-0.25, -0.2) is 0 Å². The van der Waals surface area contributed by atoms with Crippen molar-refractivity contribution >= 4 is 11.8 Å². The molecule has 0 aromatic heterocycles. The molecule has 0 N–H and O–H groups in total. The minimum atomic E-state index is -0.00408. The summed E-state index contributed by atoms with van der Waals surface area (Å²) in [5.41, 5.74) is 3.01. The molecule has 4 heteroatoms. The first-order valence-corrected chi connectivity index (χ1v) is 8.91. The summed E-state index contributed by atoms with van der Waals surface area (Å²) in [7, 11) is 3.67. The van der Waals surface area contributed by atoms with E-state index >= 15 is 0 Å². The molecule has 0 unspecified atom stereocenters. The zero-order valence-corrected chi connectivity index (χ0v) is 15.3. The van der Waals surface area contributed by atoms with E-state index in [0.29, 0.717) is 0 Å². The third-order valence-corrected chi connectivity index (χ3v) is 5.79. The van der Waals surface area contributed by atoms with Crippen molar-refractivity contribution in [3.8, 4) is 0 Å². The van der Waals surface area contributed by atoms with Crippen LogP contribution < -0.4 is 0 Å². The number of benzene rings is 1. The van der Waals surface area contributed by atoms with E-state index in [9.17, 15) is 9.59 Å². The van der Waals surface area contributed by atoms with E-state index in [1.807, 2.05) is 45.0 Å². The van der Waals surface area contributed by atoms with Crippen LogP contribution in [0.15, 0.2) is 18.2 Å². The highest BCUT2D eigenvalue weighted by Gasteiger charge is 2.51. The summed E-state index contributed by atoms with van der Waals surface area (Å²) in [5, 5.41) is 0. The smallest absolute Gasteiger partial charge is 0.253 e. The van der Waals surface area contributed by atoms with Gasteiger partial charge in [0.2, 0.25) is 5.91 Å². The van der Waals surface area contributed by atoms with Crippen molar-refractivity contribution < 1.29 is 9.59 Å². The highest BCUT2D eigenvalue weighted by molar-refractivity contribution is 5.95. The summed E-state index contributed by atoms with van der Waals surface area (Å²) in [4.78, 5) is 29.2. The quantitative estimate of drug-likeness (QED) is 0.837. The summed E-state index contributed by atoms with van der Waals surface area (Å²) >= 11 is 0. The lowest BCUT2D eigenvalue weighted by molar-refractivity contribution is -0.136. The molecule has 1 aliphatic heterocycles. The number of aryl methyl sites for hydroxylation is 2. The summed E-state index contributed by atoms with van der Waals surface area (Å²) in [6.07, 6.45) is 4.07. The first kappa shape index (κ1) is 17.0. The Bertz CT molecular complexity index is 647. The Morgan fingerprint density at radius 2 is 1.79 bits per heavy atom. The lowest BCUT2D eigenvalue weighted by atomic mass is 9.76. The topological polar surface area (TPSA) is 40.6 Å². The molecule has 0 radical (unpaired) electrons. The molecule has 3 rings (SSSR count). The summed E-state index contributed by atoms with van der Waals surface area (Å²) < 4.78 is 0. The van der Waals surface area contributed by atoms with Crippen LogP contribution in [0, 0.1) is 25.2 Å². The Balaban J connectivity index is 1.79. The zero-order chi connectivity index (χ0) is 17.5. The molecule has 1 saturated heterocycles. The average Bonchev–Trinajstić information content (AvgIpc) is 3.12. The minimum absolute atomic E-state index is 0.00408. The van der Waals surface area contributed by atoms with Crippen LogP contribution in [0.2, 0.25) is 0 Å². The van der Waals surface area contributed by atoms with Crippen molar-refractivity contribution in [2.75, 3.05) is 27.2 Å². The van der Waals surface area contributed by atoms with Crippen molar-refractivity contribution in [1.82, 2.24) is 9.80 Å². The molecule has 1 spiro atoms. The standard InChI is InChI=1S/C20H28N2O2/c1-14-10-15(2)12-16(11-14)18(23)22-9-8-20(13-22)7-5-6-17(20)19(24)21(3)4/h10-12,17H,5-9,13H2,1-4H3/t17-,20-/m1/s1. The van der Waals surface area contributed by atoms with Gasteiger partial charge in [-0.05, 0) is 45.2 Å². The van der Waals surface area contributed by atoms with Gasteiger partial charge in [-0.15, -0.1) is 0 Å². The molecule has 2 atom stereocenters. The van der Waals surface area contributed by atoms with E-state index in [1.54, 1.807) is 4.90 Å². The maximum absolute atomic E-state index is 12.9. The molecule has 130 valence electrons. The average molecular weight is 328 g/mol. The summed E-state index contributed by atoms with van der Waals surface area (Å²) in [5.74, 6) is 0.416. The van der Waals surface area contributed by atoms with Gasteiger partial charge >= 0.3 is 0 Å². The Kier molecular flexibility index (Phi) is 4.41. The molecule has 2 amide bonds. The van der Waals surface area contributed by atoms with Gasteiger partial charge < -0.3 is 9.80 Å². The van der Waals surface area contributed by atoms with Gasteiger partial charge in [-0.3, -0.25) is 9.59 Å². The van der Waals surface area contributed by atoms with Crippen LogP contribution in [0.5, 0.6) is 0 Å². The van der Waals surface area contributed by atoms with Crippen LogP contribution in [-0.2, 0) is 4.79 Å². The fourth-order valence-electron chi connectivity index (χ4n) is 4.67. The van der Waals surface area contributed by atoms with Crippen LogP contribution in [0.3, 0.4) is 0 Å². The van der Waals surface area contributed by atoms with Gasteiger partial charge in [0, 0.05) is 44.1 Å². The molecular weight excluding hydrogens is 300 g/mol. The maximum atomic E-state index is 12.9. The fourth-order valence-corrected chi connectivity index (χ4v) is 4.67. The molecule has 1 heterocycles. The van der Waals surface area contributed by atoms with Crippen molar-refractivity contribution in [3.63, 3.8) is 0 Å². The zero-order valence-electron chi connectivity index (χ0n) is 15.3. The molecule has 2 aliphatic rings. The molecule has 24 heavy (non-hydrogen) atoms. The van der Waals surface area contributed by atoms with Gasteiger partial charge in [0.1, 0.15) is 0 Å². The Hall–Kier alpha value is -1.84. The number of likely N-dealkylation sites (tertiary alicyclic amines) is 1. The van der Waals surface area contributed by atoms with E-state index in [4.69, 9.17) is 0 Å². The normalized spacial score (nSPS) is 26.2. The first-order valence-electron chi connectivity index (χ1n) is 8.91. The minimum Gasteiger partial charge on any atom is -0.349 e. The van der Waals surface area contributed by atoms with E-state index in [1.165, 1.54) is 0 Å². The lowest BCUT2D eigenvalue weighted by Gasteiger charge is -2.32. The highest BCUT2D eigenvalue weighted by Crippen LogP contribution is 2.50. The number of rotatable bonds is 2. The Morgan fingerprint density at radius 1 is 1.12 bits per heavy atom. The Labute approximate surface area is 144 Å². The summed E-state index contributed by atoms with van der Waals surface area (Å²) in [6, 6.07) is 6.03. The van der Waals surface area contributed by atoms with Crippen molar-refractivity contribution in [1.29, 1.82) is 0 Å². The molecule has 0 bridgehead atoms. The molecule has 1 saturated carbocycles. The van der Waals surface area contributed by atoms with Crippen molar-refractivity contribution in [3.05, 3.63) is 34.9 Å². The predicted octanol–water partition coefficient (Wildman–Crippen LogP) is 3.02. The van der Waals surface area contributed by atoms with Crippen LogP contribution in [-0.4, -0.2) is 48.8 Å². The maximum Gasteiger partial charge on any atom is 0.253 e. The molecule has 2 fully saturated rings. The van der Waals surface area contributed by atoms with E-state index in [2.05, 4.69) is 6.07 Å². The van der Waals surface area contributed by atoms with Crippen LogP contribution in [0.4, 0.5) is 0 Å². The molecule has 4 nitrogen and oxygen atoms in total. The van der Waals surface area contributed by atoms with Gasteiger partial charge in [-0.1, -0.05) is 23.6 Å².